The first-order valence-corrected chi connectivity index (χ1v) is 5.38. The Morgan fingerprint density at radius 2 is 2.19 bits per heavy atom. The van der Waals surface area contributed by atoms with Crippen LogP contribution in [0.3, 0.4) is 0 Å². The quantitative estimate of drug-likeness (QED) is 0.517. The van der Waals surface area contributed by atoms with E-state index in [0.717, 1.165) is 0 Å². The summed E-state index contributed by atoms with van der Waals surface area (Å²) < 4.78 is 5.46. The van der Waals surface area contributed by atoms with Crippen molar-refractivity contribution in [1.82, 2.24) is 0 Å². The van der Waals surface area contributed by atoms with Crippen molar-refractivity contribution in [3.8, 4) is 5.75 Å². The van der Waals surface area contributed by atoms with Gasteiger partial charge in [-0.2, -0.15) is 0 Å². The molecule has 0 aromatic heterocycles. The van der Waals surface area contributed by atoms with E-state index in [1.165, 1.54) is 12.3 Å². The first-order valence-electron chi connectivity index (χ1n) is 4.24. The molecule has 0 atom stereocenters. The lowest BCUT2D eigenvalue weighted by atomic mass is 10.2. The van der Waals surface area contributed by atoms with E-state index in [1.54, 1.807) is 18.2 Å². The van der Waals surface area contributed by atoms with E-state index in [9.17, 15) is 0 Å². The highest BCUT2D eigenvalue weighted by molar-refractivity contribution is 6.55. The number of hydrogen-bond acceptors (Lipinski definition) is 3. The molecule has 0 aliphatic heterocycles. The fourth-order valence-corrected chi connectivity index (χ4v) is 1.27. The van der Waals surface area contributed by atoms with Gasteiger partial charge in [-0.05, 0) is 24.3 Å². The average Bonchev–Trinajstić information content (AvgIpc) is 2.22. The molecular formula is C10H8Cl3NO2. The minimum Gasteiger partial charge on any atom is -0.489 e. The maximum atomic E-state index is 8.41. The van der Waals surface area contributed by atoms with E-state index in [1.807, 2.05) is 0 Å². The average molecular weight is 281 g/mol. The van der Waals surface area contributed by atoms with Crippen molar-refractivity contribution < 1.29 is 9.94 Å². The molecule has 1 aromatic rings. The second-order valence-electron chi connectivity index (χ2n) is 2.73. The zero-order valence-corrected chi connectivity index (χ0v) is 10.3. The van der Waals surface area contributed by atoms with Gasteiger partial charge in [0.05, 0.1) is 6.21 Å². The minimum atomic E-state index is 0.145. The van der Waals surface area contributed by atoms with Crippen LogP contribution in [0.4, 0.5) is 0 Å². The maximum absolute atomic E-state index is 8.41. The highest BCUT2D eigenvalue weighted by atomic mass is 35.5. The SMILES string of the molecule is ON=Cc1cc(OCC=C(Cl)Cl)ccc1Cl. The Hall–Kier alpha value is -0.900. The molecule has 0 aliphatic carbocycles. The molecule has 1 N–H and O–H groups in total. The highest BCUT2D eigenvalue weighted by Gasteiger charge is 2.00. The summed E-state index contributed by atoms with van der Waals surface area (Å²) in [6.07, 6.45) is 2.73. The van der Waals surface area contributed by atoms with Crippen molar-refractivity contribution in [2.75, 3.05) is 6.61 Å². The maximum Gasteiger partial charge on any atom is 0.120 e. The smallest absolute Gasteiger partial charge is 0.120 e. The molecule has 16 heavy (non-hydrogen) atoms. The molecule has 0 amide bonds. The van der Waals surface area contributed by atoms with Crippen LogP contribution in [-0.4, -0.2) is 18.0 Å². The summed E-state index contributed by atoms with van der Waals surface area (Å²) in [5, 5.41) is 11.8. The van der Waals surface area contributed by atoms with Gasteiger partial charge in [-0.3, -0.25) is 0 Å². The Labute approximate surface area is 108 Å². The third-order valence-electron chi connectivity index (χ3n) is 1.65. The van der Waals surface area contributed by atoms with Crippen LogP contribution in [0.25, 0.3) is 0 Å². The first kappa shape index (κ1) is 13.2. The normalized spacial score (nSPS) is 10.4. The molecule has 0 saturated heterocycles. The lowest BCUT2D eigenvalue weighted by molar-refractivity contribution is 0.322. The molecular weight excluding hydrogens is 272 g/mol. The van der Waals surface area contributed by atoms with Crippen molar-refractivity contribution in [3.05, 3.63) is 39.4 Å². The van der Waals surface area contributed by atoms with Crippen LogP contribution in [0.2, 0.25) is 5.02 Å². The standard InChI is InChI=1S/C10H8Cl3NO2/c11-9-2-1-8(5-7(9)6-14-15)16-4-3-10(12)13/h1-3,5-6,15H,4H2. The van der Waals surface area contributed by atoms with E-state index >= 15 is 0 Å². The Morgan fingerprint density at radius 1 is 1.44 bits per heavy atom. The molecule has 0 fully saturated rings. The molecule has 0 aliphatic rings. The second-order valence-corrected chi connectivity index (χ2v) is 4.15. The molecule has 0 spiro atoms. The largest absolute Gasteiger partial charge is 0.489 e. The predicted molar refractivity (Wildman–Crippen MR) is 66.1 cm³/mol. The lowest BCUT2D eigenvalue weighted by Crippen LogP contribution is -1.94. The highest BCUT2D eigenvalue weighted by Crippen LogP contribution is 2.21. The molecule has 3 nitrogen and oxygen atoms in total. The van der Waals surface area contributed by atoms with E-state index in [0.29, 0.717) is 16.3 Å². The summed E-state index contributed by atoms with van der Waals surface area (Å²) in [4.78, 5) is 0. The van der Waals surface area contributed by atoms with Crippen LogP contribution in [0.15, 0.2) is 33.9 Å². The Bertz CT molecular complexity index is 415. The molecule has 0 saturated carbocycles. The molecule has 0 radical (unpaired) electrons. The minimum absolute atomic E-state index is 0.145. The summed E-state index contributed by atoms with van der Waals surface area (Å²) >= 11 is 16.7. The molecule has 0 heterocycles. The van der Waals surface area contributed by atoms with Gasteiger partial charge in [-0.15, -0.1) is 0 Å². The zero-order valence-electron chi connectivity index (χ0n) is 8.03. The number of oxime groups is 1. The van der Waals surface area contributed by atoms with Gasteiger partial charge in [0.2, 0.25) is 0 Å². The lowest BCUT2D eigenvalue weighted by Gasteiger charge is -2.05. The number of nitrogens with zero attached hydrogens (tertiary/aromatic N) is 1. The summed E-state index contributed by atoms with van der Waals surface area (Å²) in [6, 6.07) is 4.96. The van der Waals surface area contributed by atoms with E-state index in [-0.39, 0.29) is 11.1 Å². The predicted octanol–water partition coefficient (Wildman–Crippen LogP) is 3.85. The van der Waals surface area contributed by atoms with Crippen molar-refractivity contribution >= 4 is 41.0 Å². The first-order chi connectivity index (χ1) is 7.63. The molecule has 1 aromatic carbocycles. The number of hydrogen-bond donors (Lipinski definition) is 1. The monoisotopic (exact) mass is 279 g/mol. The number of halogens is 3. The van der Waals surface area contributed by atoms with Crippen LogP contribution in [-0.2, 0) is 0 Å². The van der Waals surface area contributed by atoms with Crippen LogP contribution in [0, 0.1) is 0 Å². The molecule has 6 heteroatoms. The van der Waals surface area contributed by atoms with Gasteiger partial charge in [0.25, 0.3) is 0 Å². The molecule has 0 unspecified atom stereocenters. The molecule has 0 bridgehead atoms. The van der Waals surface area contributed by atoms with E-state index in [4.69, 9.17) is 44.7 Å². The van der Waals surface area contributed by atoms with Crippen molar-refractivity contribution in [2.24, 2.45) is 5.16 Å². The summed E-state index contributed by atoms with van der Waals surface area (Å²) in [5.41, 5.74) is 0.558. The summed E-state index contributed by atoms with van der Waals surface area (Å²) in [7, 11) is 0. The van der Waals surface area contributed by atoms with Gasteiger partial charge >= 0.3 is 0 Å². The third-order valence-corrected chi connectivity index (χ3v) is 2.30. The van der Waals surface area contributed by atoms with Crippen LogP contribution >= 0.6 is 34.8 Å². The van der Waals surface area contributed by atoms with Gasteiger partial charge in [-0.1, -0.05) is 40.0 Å². The van der Waals surface area contributed by atoms with Crippen LogP contribution < -0.4 is 4.74 Å². The van der Waals surface area contributed by atoms with E-state index in [2.05, 4.69) is 5.16 Å². The van der Waals surface area contributed by atoms with Crippen molar-refractivity contribution in [1.29, 1.82) is 0 Å². The fourth-order valence-electron chi connectivity index (χ4n) is 0.974. The Kier molecular flexibility index (Phi) is 5.46. The molecule has 1 rings (SSSR count). The second kappa shape index (κ2) is 6.63. The number of ether oxygens (including phenoxy) is 1. The third kappa shape index (κ3) is 4.31. The zero-order chi connectivity index (χ0) is 12.0. The number of rotatable bonds is 4. The fraction of sp³-hybridized carbons (Fsp3) is 0.100. The van der Waals surface area contributed by atoms with Gasteiger partial charge in [0, 0.05) is 10.6 Å². The van der Waals surface area contributed by atoms with Crippen molar-refractivity contribution in [3.63, 3.8) is 0 Å². The van der Waals surface area contributed by atoms with Crippen molar-refractivity contribution in [2.45, 2.75) is 0 Å². The number of benzene rings is 1. The van der Waals surface area contributed by atoms with Crippen LogP contribution in [0.1, 0.15) is 5.56 Å². The van der Waals surface area contributed by atoms with Gasteiger partial charge < -0.3 is 9.94 Å². The summed E-state index contributed by atoms with van der Waals surface area (Å²) in [5.74, 6) is 0.574. The summed E-state index contributed by atoms with van der Waals surface area (Å²) in [6.45, 7) is 0.250. The van der Waals surface area contributed by atoms with Gasteiger partial charge in [0.15, 0.2) is 0 Å². The Balaban J connectivity index is 2.75. The Morgan fingerprint density at radius 3 is 2.81 bits per heavy atom. The van der Waals surface area contributed by atoms with Gasteiger partial charge in [0.1, 0.15) is 16.8 Å². The molecule has 86 valence electrons. The van der Waals surface area contributed by atoms with Crippen LogP contribution in [0.5, 0.6) is 5.75 Å². The van der Waals surface area contributed by atoms with E-state index < -0.39 is 0 Å². The van der Waals surface area contributed by atoms with Gasteiger partial charge in [-0.25, -0.2) is 0 Å². The topological polar surface area (TPSA) is 41.8 Å².